The summed E-state index contributed by atoms with van der Waals surface area (Å²) in [6.07, 6.45) is 3.56. The van der Waals surface area contributed by atoms with E-state index < -0.39 is 0 Å². The molecule has 1 amide bonds. The van der Waals surface area contributed by atoms with Crippen molar-refractivity contribution in [1.82, 2.24) is 4.90 Å². The Bertz CT molecular complexity index is 485. The van der Waals surface area contributed by atoms with Crippen LogP contribution in [0.1, 0.15) is 24.8 Å². The number of methoxy groups -OCH3 is 2. The van der Waals surface area contributed by atoms with E-state index >= 15 is 0 Å². The highest BCUT2D eigenvalue weighted by Gasteiger charge is 2.28. The van der Waals surface area contributed by atoms with E-state index in [-0.39, 0.29) is 12.5 Å². The summed E-state index contributed by atoms with van der Waals surface area (Å²) in [7, 11) is 3.16. The molecule has 116 valence electrons. The molecule has 1 aliphatic carbocycles. The lowest BCUT2D eigenvalue weighted by Crippen LogP contribution is -2.46. The summed E-state index contributed by atoms with van der Waals surface area (Å²) in [6, 6.07) is 5.80. The molecule has 1 N–H and O–H groups in total. The third-order valence-corrected chi connectivity index (χ3v) is 3.98. The number of nitrogens with zero attached hydrogens (tertiary/aromatic N) is 1. The molecular weight excluding hydrogens is 270 g/mol. The van der Waals surface area contributed by atoms with Crippen LogP contribution in [0.25, 0.3) is 0 Å². The number of carbonyl (C=O) groups is 1. The van der Waals surface area contributed by atoms with Gasteiger partial charge in [-0.15, -0.1) is 0 Å². The fourth-order valence-corrected chi connectivity index (χ4v) is 2.58. The highest BCUT2D eigenvalue weighted by Crippen LogP contribution is 2.29. The number of aliphatic hydroxyl groups excluding tert-OH is 1. The van der Waals surface area contributed by atoms with E-state index in [2.05, 4.69) is 0 Å². The Morgan fingerprint density at radius 1 is 1.29 bits per heavy atom. The van der Waals surface area contributed by atoms with Gasteiger partial charge in [-0.1, -0.05) is 6.07 Å². The molecule has 1 aliphatic rings. The first-order valence-corrected chi connectivity index (χ1v) is 7.30. The van der Waals surface area contributed by atoms with Gasteiger partial charge in [0.05, 0.1) is 27.2 Å². The second kappa shape index (κ2) is 7.31. The molecule has 0 heterocycles. The summed E-state index contributed by atoms with van der Waals surface area (Å²) in [6.45, 7) is 0.422. The number of carbonyl (C=O) groups excluding carboxylic acids is 1. The van der Waals surface area contributed by atoms with Crippen LogP contribution in [-0.4, -0.2) is 49.3 Å². The van der Waals surface area contributed by atoms with Crippen molar-refractivity contribution >= 4 is 5.91 Å². The molecule has 0 aromatic heterocycles. The quantitative estimate of drug-likeness (QED) is 0.830. The molecule has 0 radical (unpaired) electrons. The topological polar surface area (TPSA) is 59.0 Å². The van der Waals surface area contributed by atoms with Crippen LogP contribution in [0.2, 0.25) is 0 Å². The summed E-state index contributed by atoms with van der Waals surface area (Å²) in [4.78, 5) is 14.2. The van der Waals surface area contributed by atoms with E-state index in [0.717, 1.165) is 24.8 Å². The third kappa shape index (κ3) is 3.67. The first kappa shape index (κ1) is 15.6. The van der Waals surface area contributed by atoms with Crippen LogP contribution in [0.3, 0.4) is 0 Å². The van der Waals surface area contributed by atoms with Gasteiger partial charge in [0.15, 0.2) is 11.5 Å². The monoisotopic (exact) mass is 293 g/mol. The maximum absolute atomic E-state index is 12.4. The lowest BCUT2D eigenvalue weighted by molar-refractivity contribution is -0.135. The van der Waals surface area contributed by atoms with Crippen molar-refractivity contribution in [3.8, 4) is 11.5 Å². The second-order valence-electron chi connectivity index (χ2n) is 5.26. The van der Waals surface area contributed by atoms with Gasteiger partial charge in [0.25, 0.3) is 0 Å². The Balaban J connectivity index is 2.06. The van der Waals surface area contributed by atoms with Gasteiger partial charge < -0.3 is 19.5 Å². The van der Waals surface area contributed by atoms with E-state index in [9.17, 15) is 4.79 Å². The first-order valence-electron chi connectivity index (χ1n) is 7.30. The van der Waals surface area contributed by atoms with Gasteiger partial charge in [0.1, 0.15) is 0 Å². The summed E-state index contributed by atoms with van der Waals surface area (Å²) < 4.78 is 10.4. The standard InChI is InChI=1S/C16H23NO4/c1-20-14-7-6-12(10-15(14)21-2)11-16(19)17(8-9-18)13-4-3-5-13/h6-7,10,13,18H,3-5,8-9,11H2,1-2H3. The molecule has 5 nitrogen and oxygen atoms in total. The van der Waals surface area contributed by atoms with Gasteiger partial charge >= 0.3 is 0 Å². The predicted molar refractivity (Wildman–Crippen MR) is 79.7 cm³/mol. The SMILES string of the molecule is COc1ccc(CC(=O)N(CCO)C2CCC2)cc1OC. The maximum atomic E-state index is 12.4. The largest absolute Gasteiger partial charge is 0.493 e. The van der Waals surface area contributed by atoms with Crippen LogP contribution in [0.4, 0.5) is 0 Å². The van der Waals surface area contributed by atoms with Gasteiger partial charge in [-0.25, -0.2) is 0 Å². The normalized spacial score (nSPS) is 14.4. The zero-order valence-corrected chi connectivity index (χ0v) is 12.7. The molecule has 0 saturated heterocycles. The van der Waals surface area contributed by atoms with Crippen molar-refractivity contribution in [2.24, 2.45) is 0 Å². The smallest absolute Gasteiger partial charge is 0.227 e. The zero-order valence-electron chi connectivity index (χ0n) is 12.7. The van der Waals surface area contributed by atoms with E-state index in [1.54, 1.807) is 25.2 Å². The molecule has 2 rings (SSSR count). The number of hydrogen-bond acceptors (Lipinski definition) is 4. The molecule has 1 aromatic carbocycles. The van der Waals surface area contributed by atoms with Crippen LogP contribution >= 0.6 is 0 Å². The molecule has 0 atom stereocenters. The summed E-state index contributed by atoms with van der Waals surface area (Å²) in [5.74, 6) is 1.33. The number of rotatable bonds is 7. The van der Waals surface area contributed by atoms with Gasteiger partial charge in [-0.05, 0) is 37.0 Å². The van der Waals surface area contributed by atoms with Gasteiger partial charge in [-0.2, -0.15) is 0 Å². The fourth-order valence-electron chi connectivity index (χ4n) is 2.58. The highest BCUT2D eigenvalue weighted by atomic mass is 16.5. The van der Waals surface area contributed by atoms with E-state index in [1.807, 2.05) is 12.1 Å². The Morgan fingerprint density at radius 3 is 2.52 bits per heavy atom. The Labute approximate surface area is 125 Å². The molecule has 0 bridgehead atoms. The number of benzene rings is 1. The lowest BCUT2D eigenvalue weighted by Gasteiger charge is -2.37. The minimum Gasteiger partial charge on any atom is -0.493 e. The maximum Gasteiger partial charge on any atom is 0.227 e. The Morgan fingerprint density at radius 2 is 2.00 bits per heavy atom. The van der Waals surface area contributed by atoms with Crippen molar-refractivity contribution in [2.45, 2.75) is 31.7 Å². The van der Waals surface area contributed by atoms with Gasteiger partial charge in [-0.3, -0.25) is 4.79 Å². The number of hydrogen-bond donors (Lipinski definition) is 1. The molecule has 21 heavy (non-hydrogen) atoms. The number of amides is 1. The second-order valence-corrected chi connectivity index (χ2v) is 5.26. The Kier molecular flexibility index (Phi) is 5.44. The summed E-state index contributed by atoms with van der Waals surface area (Å²) in [5, 5.41) is 9.14. The van der Waals surface area contributed by atoms with Crippen LogP contribution in [0, 0.1) is 0 Å². The third-order valence-electron chi connectivity index (χ3n) is 3.98. The summed E-state index contributed by atoms with van der Waals surface area (Å²) in [5.41, 5.74) is 0.889. The average molecular weight is 293 g/mol. The van der Waals surface area contributed by atoms with Crippen LogP contribution in [-0.2, 0) is 11.2 Å². The van der Waals surface area contributed by atoms with Gasteiger partial charge in [0.2, 0.25) is 5.91 Å². The number of aliphatic hydroxyl groups is 1. The van der Waals surface area contributed by atoms with E-state index in [0.29, 0.717) is 30.5 Å². The zero-order chi connectivity index (χ0) is 15.2. The molecular formula is C16H23NO4. The summed E-state index contributed by atoms with van der Waals surface area (Å²) >= 11 is 0. The van der Waals surface area contributed by atoms with E-state index in [4.69, 9.17) is 14.6 Å². The highest BCUT2D eigenvalue weighted by molar-refractivity contribution is 5.79. The molecule has 0 aliphatic heterocycles. The van der Waals surface area contributed by atoms with Crippen molar-refractivity contribution in [2.75, 3.05) is 27.4 Å². The van der Waals surface area contributed by atoms with Crippen LogP contribution in [0.5, 0.6) is 11.5 Å². The molecule has 1 fully saturated rings. The van der Waals surface area contributed by atoms with Crippen molar-refractivity contribution < 1.29 is 19.4 Å². The average Bonchev–Trinajstić information content (AvgIpc) is 2.44. The Hall–Kier alpha value is -1.75. The molecule has 0 spiro atoms. The van der Waals surface area contributed by atoms with E-state index in [1.165, 1.54) is 0 Å². The predicted octanol–water partition coefficient (Wildman–Crippen LogP) is 1.62. The molecule has 1 aromatic rings. The van der Waals surface area contributed by atoms with Crippen molar-refractivity contribution in [3.63, 3.8) is 0 Å². The molecule has 1 saturated carbocycles. The fraction of sp³-hybridized carbons (Fsp3) is 0.562. The van der Waals surface area contributed by atoms with Crippen LogP contribution < -0.4 is 9.47 Å². The lowest BCUT2D eigenvalue weighted by atomic mass is 9.91. The van der Waals surface area contributed by atoms with Crippen molar-refractivity contribution in [3.05, 3.63) is 23.8 Å². The minimum atomic E-state index is 0.00811. The first-order chi connectivity index (χ1) is 10.2. The van der Waals surface area contributed by atoms with Gasteiger partial charge in [0, 0.05) is 12.6 Å². The minimum absolute atomic E-state index is 0.00811. The van der Waals surface area contributed by atoms with Crippen LogP contribution in [0.15, 0.2) is 18.2 Å². The van der Waals surface area contributed by atoms with Crippen molar-refractivity contribution in [1.29, 1.82) is 0 Å². The molecule has 0 unspecified atom stereocenters. The number of ether oxygens (including phenoxy) is 2. The molecule has 5 heteroatoms.